The molecular weight excluding hydrogens is 236 g/mol. The van der Waals surface area contributed by atoms with Gasteiger partial charge in [0.05, 0.1) is 19.6 Å². The van der Waals surface area contributed by atoms with Gasteiger partial charge >= 0.3 is 0 Å². The Morgan fingerprint density at radius 1 is 1.41 bits per heavy atom. The van der Waals surface area contributed by atoms with Gasteiger partial charge in [-0.3, -0.25) is 0 Å². The average molecular weight is 247 g/mol. The Bertz CT molecular complexity index is 617. The molecule has 0 aliphatic carbocycles. The van der Waals surface area contributed by atoms with Crippen molar-refractivity contribution in [1.82, 2.24) is 4.98 Å². The van der Waals surface area contributed by atoms with E-state index >= 15 is 0 Å². The largest absolute Gasteiger partial charge is 0.494 e. The molecule has 0 aliphatic heterocycles. The second kappa shape index (κ2) is 4.60. The molecule has 1 aromatic carbocycles. The van der Waals surface area contributed by atoms with Gasteiger partial charge in [0.1, 0.15) is 16.4 Å². The van der Waals surface area contributed by atoms with Crippen LogP contribution in [0.1, 0.15) is 11.1 Å². The van der Waals surface area contributed by atoms with Gasteiger partial charge in [0.15, 0.2) is 0 Å². The van der Waals surface area contributed by atoms with Crippen molar-refractivity contribution < 1.29 is 4.74 Å². The van der Waals surface area contributed by atoms with Gasteiger partial charge in [-0.05, 0) is 30.7 Å². The van der Waals surface area contributed by atoms with Crippen LogP contribution >= 0.6 is 11.6 Å². The Labute approximate surface area is 105 Å². The molecule has 0 saturated heterocycles. The van der Waals surface area contributed by atoms with E-state index in [0.29, 0.717) is 10.9 Å². The fourth-order valence-electron chi connectivity index (χ4n) is 1.78. The smallest absolute Gasteiger partial charge is 0.145 e. The van der Waals surface area contributed by atoms with Crippen molar-refractivity contribution in [3.8, 4) is 11.8 Å². The van der Waals surface area contributed by atoms with Crippen LogP contribution in [-0.2, 0) is 6.42 Å². The molecule has 2 aromatic rings. The molecule has 1 heterocycles. The van der Waals surface area contributed by atoms with E-state index in [2.05, 4.69) is 11.1 Å². The lowest BCUT2D eigenvalue weighted by molar-refractivity contribution is 0.418. The second-order valence-corrected chi connectivity index (χ2v) is 4.17. The number of methoxy groups -OCH3 is 1. The summed E-state index contributed by atoms with van der Waals surface area (Å²) in [4.78, 5) is 4.30. The van der Waals surface area contributed by atoms with Crippen LogP contribution in [0.4, 0.5) is 0 Å². The van der Waals surface area contributed by atoms with Crippen LogP contribution in [0.25, 0.3) is 10.9 Å². The molecule has 0 N–H and O–H groups in total. The fourth-order valence-corrected chi connectivity index (χ4v) is 1.99. The van der Waals surface area contributed by atoms with Gasteiger partial charge in [-0.15, -0.1) is 0 Å². The molecule has 0 bridgehead atoms. The van der Waals surface area contributed by atoms with Crippen molar-refractivity contribution in [3.05, 3.63) is 34.5 Å². The zero-order chi connectivity index (χ0) is 12.4. The topological polar surface area (TPSA) is 45.9 Å². The van der Waals surface area contributed by atoms with E-state index in [4.69, 9.17) is 21.6 Å². The van der Waals surface area contributed by atoms with E-state index in [9.17, 15) is 0 Å². The Balaban J connectivity index is 2.74. The third-order valence-electron chi connectivity index (χ3n) is 2.54. The minimum absolute atomic E-state index is 0.262. The number of nitriles is 1. The molecule has 0 atom stereocenters. The van der Waals surface area contributed by atoms with E-state index in [1.807, 2.05) is 25.1 Å². The summed E-state index contributed by atoms with van der Waals surface area (Å²) < 4.78 is 5.28. The van der Waals surface area contributed by atoms with Gasteiger partial charge in [0.2, 0.25) is 0 Å². The SMILES string of the molecule is COc1cc(C)cc2cc(CC#N)c(Cl)nc12. The van der Waals surface area contributed by atoms with Gasteiger partial charge < -0.3 is 4.74 Å². The number of aryl methyl sites for hydroxylation is 1. The summed E-state index contributed by atoms with van der Waals surface area (Å²) in [5.74, 6) is 0.699. The molecule has 1 aromatic heterocycles. The molecule has 0 aliphatic rings. The highest BCUT2D eigenvalue weighted by Crippen LogP contribution is 2.29. The molecule has 0 unspecified atom stereocenters. The van der Waals surface area contributed by atoms with E-state index < -0.39 is 0 Å². The summed E-state index contributed by atoms with van der Waals surface area (Å²) in [5, 5.41) is 10.0. The number of fused-ring (bicyclic) bond motifs is 1. The molecule has 3 nitrogen and oxygen atoms in total. The quantitative estimate of drug-likeness (QED) is 0.764. The summed E-state index contributed by atoms with van der Waals surface area (Å²) in [6.07, 6.45) is 0.262. The van der Waals surface area contributed by atoms with Crippen LogP contribution in [0.15, 0.2) is 18.2 Å². The van der Waals surface area contributed by atoms with E-state index in [1.165, 1.54) is 0 Å². The molecule has 2 rings (SSSR count). The van der Waals surface area contributed by atoms with Crippen LogP contribution in [0.2, 0.25) is 5.15 Å². The van der Waals surface area contributed by atoms with Crippen molar-refractivity contribution >= 4 is 22.5 Å². The lowest BCUT2D eigenvalue weighted by atomic mass is 10.1. The number of ether oxygens (including phenoxy) is 1. The summed E-state index contributed by atoms with van der Waals surface area (Å²) in [6, 6.07) is 7.88. The molecule has 86 valence electrons. The maximum Gasteiger partial charge on any atom is 0.145 e. The summed E-state index contributed by atoms with van der Waals surface area (Å²) in [7, 11) is 1.60. The fraction of sp³-hybridized carbons (Fsp3) is 0.231. The highest BCUT2D eigenvalue weighted by atomic mass is 35.5. The number of rotatable bonds is 2. The first-order chi connectivity index (χ1) is 8.15. The summed E-state index contributed by atoms with van der Waals surface area (Å²) in [6.45, 7) is 1.99. The van der Waals surface area contributed by atoms with Crippen molar-refractivity contribution in [1.29, 1.82) is 5.26 Å². The highest BCUT2D eigenvalue weighted by Gasteiger charge is 2.09. The molecule has 0 fully saturated rings. The first-order valence-corrected chi connectivity index (χ1v) is 5.54. The number of hydrogen-bond acceptors (Lipinski definition) is 3. The van der Waals surface area contributed by atoms with Crippen molar-refractivity contribution in [3.63, 3.8) is 0 Å². The Morgan fingerprint density at radius 2 is 2.18 bits per heavy atom. The first-order valence-electron chi connectivity index (χ1n) is 5.16. The van der Waals surface area contributed by atoms with Gasteiger partial charge in [-0.25, -0.2) is 4.98 Å². The predicted octanol–water partition coefficient (Wildman–Crippen LogP) is 3.27. The number of aromatic nitrogens is 1. The standard InChI is InChI=1S/C13H11ClN2O/c1-8-5-10-7-9(3-4-15)13(14)16-12(10)11(6-8)17-2/h5-7H,3H2,1-2H3. The molecule has 4 heteroatoms. The number of hydrogen-bond donors (Lipinski definition) is 0. The van der Waals surface area contributed by atoms with Crippen LogP contribution < -0.4 is 4.74 Å². The Kier molecular flexibility index (Phi) is 3.16. The van der Waals surface area contributed by atoms with Crippen molar-refractivity contribution in [2.24, 2.45) is 0 Å². The highest BCUT2D eigenvalue weighted by molar-refractivity contribution is 6.30. The van der Waals surface area contributed by atoms with E-state index in [-0.39, 0.29) is 6.42 Å². The molecule has 0 spiro atoms. The zero-order valence-electron chi connectivity index (χ0n) is 9.62. The predicted molar refractivity (Wildman–Crippen MR) is 67.4 cm³/mol. The number of halogens is 1. The summed E-state index contributed by atoms with van der Waals surface area (Å²) in [5.41, 5.74) is 2.56. The molecule has 0 radical (unpaired) electrons. The maximum absolute atomic E-state index is 8.71. The van der Waals surface area contributed by atoms with Crippen molar-refractivity contribution in [2.45, 2.75) is 13.3 Å². The lowest BCUT2D eigenvalue weighted by Gasteiger charge is -2.08. The third kappa shape index (κ3) is 2.17. The van der Waals surface area contributed by atoms with Gasteiger partial charge in [-0.2, -0.15) is 5.26 Å². The van der Waals surface area contributed by atoms with Crippen LogP contribution in [0.3, 0.4) is 0 Å². The zero-order valence-corrected chi connectivity index (χ0v) is 10.4. The Hall–Kier alpha value is -1.79. The minimum Gasteiger partial charge on any atom is -0.494 e. The minimum atomic E-state index is 0.262. The average Bonchev–Trinajstić information content (AvgIpc) is 2.30. The first kappa shape index (κ1) is 11.7. The van der Waals surface area contributed by atoms with E-state index in [0.717, 1.165) is 22.0 Å². The monoisotopic (exact) mass is 246 g/mol. The van der Waals surface area contributed by atoms with Crippen molar-refractivity contribution in [2.75, 3.05) is 7.11 Å². The Morgan fingerprint density at radius 3 is 2.82 bits per heavy atom. The third-order valence-corrected chi connectivity index (χ3v) is 2.87. The van der Waals surface area contributed by atoms with Crippen LogP contribution in [-0.4, -0.2) is 12.1 Å². The second-order valence-electron chi connectivity index (χ2n) is 3.81. The molecule has 17 heavy (non-hydrogen) atoms. The van der Waals surface area contributed by atoms with Gasteiger partial charge in [-0.1, -0.05) is 11.6 Å². The number of pyridine rings is 1. The summed E-state index contributed by atoms with van der Waals surface area (Å²) >= 11 is 6.03. The van der Waals surface area contributed by atoms with Crippen LogP contribution in [0.5, 0.6) is 5.75 Å². The molecule has 0 amide bonds. The maximum atomic E-state index is 8.71. The molecule has 0 saturated carbocycles. The normalized spacial score (nSPS) is 10.2. The lowest BCUT2D eigenvalue weighted by Crippen LogP contribution is -1.93. The number of benzene rings is 1. The van der Waals surface area contributed by atoms with E-state index in [1.54, 1.807) is 7.11 Å². The molecular formula is C13H11ClN2O. The van der Waals surface area contributed by atoms with Gasteiger partial charge in [0.25, 0.3) is 0 Å². The van der Waals surface area contributed by atoms with Crippen LogP contribution in [0, 0.1) is 18.3 Å². The van der Waals surface area contributed by atoms with Gasteiger partial charge in [0, 0.05) is 10.9 Å². The number of nitrogens with zero attached hydrogens (tertiary/aromatic N) is 2.